The molecule has 1 unspecified atom stereocenters. The Morgan fingerprint density at radius 3 is 2.68 bits per heavy atom. The van der Waals surface area contributed by atoms with E-state index in [-0.39, 0.29) is 0 Å². The minimum absolute atomic E-state index is 0.401. The first kappa shape index (κ1) is 14.4. The molecule has 0 spiro atoms. The van der Waals surface area contributed by atoms with Gasteiger partial charge in [0.2, 0.25) is 0 Å². The summed E-state index contributed by atoms with van der Waals surface area (Å²) in [6.45, 7) is 6.65. The Bertz CT molecular complexity index is 768. The molecule has 1 fully saturated rings. The lowest BCUT2D eigenvalue weighted by molar-refractivity contribution is 0.201. The van der Waals surface area contributed by atoms with Crippen molar-refractivity contribution in [3.8, 4) is 0 Å². The van der Waals surface area contributed by atoms with Crippen molar-refractivity contribution in [2.24, 2.45) is 0 Å². The molecule has 3 aromatic rings. The van der Waals surface area contributed by atoms with Crippen molar-refractivity contribution in [1.29, 1.82) is 0 Å². The van der Waals surface area contributed by atoms with Crippen molar-refractivity contribution in [3.63, 3.8) is 0 Å². The number of rotatable bonds is 3. The molecule has 0 amide bonds. The highest BCUT2D eigenvalue weighted by Crippen LogP contribution is 2.40. The van der Waals surface area contributed by atoms with Crippen LogP contribution < -0.4 is 5.32 Å². The van der Waals surface area contributed by atoms with Crippen LogP contribution in [0.5, 0.6) is 0 Å². The van der Waals surface area contributed by atoms with Gasteiger partial charge in [-0.25, -0.2) is 0 Å². The van der Waals surface area contributed by atoms with Crippen LogP contribution in [0, 0.1) is 6.92 Å². The predicted molar refractivity (Wildman–Crippen MR) is 97.2 cm³/mol. The number of aryl methyl sites for hydroxylation is 1. The van der Waals surface area contributed by atoms with E-state index in [4.69, 9.17) is 0 Å². The Morgan fingerprint density at radius 2 is 1.91 bits per heavy atom. The smallest absolute Gasteiger partial charge is 0.0713 e. The molecule has 2 nitrogen and oxygen atoms in total. The molecule has 0 bridgehead atoms. The van der Waals surface area contributed by atoms with Gasteiger partial charge in [0.25, 0.3) is 0 Å². The largest absolute Gasteiger partial charge is 0.314 e. The fourth-order valence-electron chi connectivity index (χ4n) is 3.32. The summed E-state index contributed by atoms with van der Waals surface area (Å²) in [6.07, 6.45) is 0. The number of nitrogens with zero attached hydrogens (tertiary/aromatic N) is 1. The monoisotopic (exact) mass is 328 g/mol. The Hall–Kier alpha value is -1.20. The maximum Gasteiger partial charge on any atom is 0.0713 e. The summed E-state index contributed by atoms with van der Waals surface area (Å²) in [4.78, 5) is 4.15. The lowest BCUT2D eigenvalue weighted by Gasteiger charge is -2.35. The van der Waals surface area contributed by atoms with Crippen LogP contribution >= 0.6 is 22.7 Å². The molecule has 4 rings (SSSR count). The number of benzene rings is 1. The summed E-state index contributed by atoms with van der Waals surface area (Å²) in [7, 11) is 0. The normalized spacial score (nSPS) is 17.9. The first-order chi connectivity index (χ1) is 10.8. The summed E-state index contributed by atoms with van der Waals surface area (Å²) < 4.78 is 1.40. The van der Waals surface area contributed by atoms with Gasteiger partial charge in [-0.2, -0.15) is 0 Å². The summed E-state index contributed by atoms with van der Waals surface area (Å²) in [5.74, 6) is 0. The van der Waals surface area contributed by atoms with Crippen LogP contribution in [0.3, 0.4) is 0 Å². The molecule has 1 N–H and O–H groups in total. The molecule has 114 valence electrons. The number of hydrogen-bond donors (Lipinski definition) is 1. The number of fused-ring (bicyclic) bond motifs is 1. The van der Waals surface area contributed by atoms with E-state index in [0.29, 0.717) is 6.04 Å². The van der Waals surface area contributed by atoms with Gasteiger partial charge >= 0.3 is 0 Å². The zero-order valence-corrected chi connectivity index (χ0v) is 14.3. The Kier molecular flexibility index (Phi) is 4.01. The van der Waals surface area contributed by atoms with Gasteiger partial charge in [-0.15, -0.1) is 22.7 Å². The average molecular weight is 329 g/mol. The number of hydrogen-bond acceptors (Lipinski definition) is 4. The minimum atomic E-state index is 0.401. The molecule has 0 saturated carbocycles. The third kappa shape index (κ3) is 2.50. The van der Waals surface area contributed by atoms with Crippen LogP contribution in [-0.2, 0) is 0 Å². The van der Waals surface area contributed by atoms with Crippen LogP contribution in [0.25, 0.3) is 10.1 Å². The van der Waals surface area contributed by atoms with E-state index in [9.17, 15) is 0 Å². The Balaban J connectivity index is 1.84. The maximum absolute atomic E-state index is 3.48. The second-order valence-electron chi connectivity index (χ2n) is 5.84. The van der Waals surface area contributed by atoms with Crippen molar-refractivity contribution in [2.45, 2.75) is 13.0 Å². The van der Waals surface area contributed by atoms with Gasteiger partial charge in [0.1, 0.15) is 0 Å². The van der Waals surface area contributed by atoms with E-state index >= 15 is 0 Å². The summed E-state index contributed by atoms with van der Waals surface area (Å²) in [6, 6.07) is 11.5. The maximum atomic E-state index is 3.48. The van der Waals surface area contributed by atoms with E-state index in [0.717, 1.165) is 26.2 Å². The highest BCUT2D eigenvalue weighted by Gasteiger charge is 2.28. The van der Waals surface area contributed by atoms with Crippen LogP contribution in [0.1, 0.15) is 22.0 Å². The van der Waals surface area contributed by atoms with E-state index < -0.39 is 0 Å². The van der Waals surface area contributed by atoms with E-state index in [1.54, 1.807) is 0 Å². The Morgan fingerprint density at radius 1 is 1.09 bits per heavy atom. The molecule has 0 aliphatic carbocycles. The fraction of sp³-hybridized carbons (Fsp3) is 0.333. The second-order valence-corrected chi connectivity index (χ2v) is 7.70. The molecule has 1 aromatic carbocycles. The highest BCUT2D eigenvalue weighted by atomic mass is 32.1. The third-order valence-electron chi connectivity index (χ3n) is 4.47. The zero-order chi connectivity index (χ0) is 14.9. The molecule has 1 aliphatic heterocycles. The minimum Gasteiger partial charge on any atom is -0.314 e. The molecule has 2 aromatic heterocycles. The Labute approximate surface area is 139 Å². The standard InChI is InChI=1S/C18H20N2S2/c1-13-6-11-21-18(13)17(20-9-7-19-8-10-20)15-12-22-16-5-3-2-4-14(15)16/h2-6,11-12,17,19H,7-10H2,1H3. The van der Waals surface area contributed by atoms with Crippen molar-refractivity contribution in [3.05, 3.63) is 57.1 Å². The number of thiophene rings is 2. The van der Waals surface area contributed by atoms with Crippen LogP contribution in [0.15, 0.2) is 41.1 Å². The second kappa shape index (κ2) is 6.13. The van der Waals surface area contributed by atoms with Crippen molar-refractivity contribution >= 4 is 32.8 Å². The molecule has 22 heavy (non-hydrogen) atoms. The predicted octanol–water partition coefficient (Wildman–Crippen LogP) is 4.27. The molecule has 1 atom stereocenters. The van der Waals surface area contributed by atoms with Crippen molar-refractivity contribution in [1.82, 2.24) is 10.2 Å². The number of piperazine rings is 1. The molecule has 0 radical (unpaired) electrons. The number of nitrogens with one attached hydrogen (secondary N) is 1. The van der Waals surface area contributed by atoms with Gasteiger partial charge in [-0.05, 0) is 46.3 Å². The van der Waals surface area contributed by atoms with E-state index in [1.807, 2.05) is 22.7 Å². The highest BCUT2D eigenvalue weighted by molar-refractivity contribution is 7.17. The van der Waals surface area contributed by atoms with E-state index in [2.05, 4.69) is 58.2 Å². The molecule has 1 aliphatic rings. The van der Waals surface area contributed by atoms with Gasteiger partial charge in [-0.3, -0.25) is 4.90 Å². The lowest BCUT2D eigenvalue weighted by Crippen LogP contribution is -2.45. The molecule has 1 saturated heterocycles. The molecular formula is C18H20N2S2. The van der Waals surface area contributed by atoms with Gasteiger partial charge in [0.05, 0.1) is 6.04 Å². The molecular weight excluding hydrogens is 308 g/mol. The molecule has 3 heterocycles. The zero-order valence-electron chi connectivity index (χ0n) is 12.7. The third-order valence-corrected chi connectivity index (χ3v) is 6.53. The van der Waals surface area contributed by atoms with Crippen LogP contribution in [0.4, 0.5) is 0 Å². The van der Waals surface area contributed by atoms with Gasteiger partial charge < -0.3 is 5.32 Å². The lowest BCUT2D eigenvalue weighted by atomic mass is 10.00. The van der Waals surface area contributed by atoms with Gasteiger partial charge in [-0.1, -0.05) is 18.2 Å². The van der Waals surface area contributed by atoms with Gasteiger partial charge in [0.15, 0.2) is 0 Å². The fourth-order valence-corrected chi connectivity index (χ4v) is 5.38. The average Bonchev–Trinajstić information content (AvgIpc) is 3.17. The van der Waals surface area contributed by atoms with Crippen molar-refractivity contribution < 1.29 is 0 Å². The first-order valence-electron chi connectivity index (χ1n) is 7.79. The first-order valence-corrected chi connectivity index (χ1v) is 9.55. The summed E-state index contributed by atoms with van der Waals surface area (Å²) in [5.41, 5.74) is 2.90. The van der Waals surface area contributed by atoms with Crippen LogP contribution in [-0.4, -0.2) is 31.1 Å². The van der Waals surface area contributed by atoms with E-state index in [1.165, 1.54) is 26.1 Å². The quantitative estimate of drug-likeness (QED) is 0.772. The SMILES string of the molecule is Cc1ccsc1C(c1csc2ccccc12)N1CCNCC1. The van der Waals surface area contributed by atoms with Crippen LogP contribution in [0.2, 0.25) is 0 Å². The topological polar surface area (TPSA) is 15.3 Å². The van der Waals surface area contributed by atoms with Gasteiger partial charge in [0, 0.05) is 35.8 Å². The summed E-state index contributed by atoms with van der Waals surface area (Å²) >= 11 is 3.77. The molecule has 4 heteroatoms. The summed E-state index contributed by atoms with van der Waals surface area (Å²) in [5, 5.41) is 9.50. The van der Waals surface area contributed by atoms with Crippen molar-refractivity contribution in [2.75, 3.05) is 26.2 Å².